The molecule has 0 aliphatic carbocycles. The van der Waals surface area contributed by atoms with Crippen molar-refractivity contribution in [2.75, 3.05) is 5.32 Å². The Morgan fingerprint density at radius 2 is 2.18 bits per heavy atom. The lowest BCUT2D eigenvalue weighted by molar-refractivity contribution is -0.123. The number of aromatic nitrogens is 1. The molecule has 4 heteroatoms. The van der Waals surface area contributed by atoms with Crippen molar-refractivity contribution in [3.63, 3.8) is 0 Å². The van der Waals surface area contributed by atoms with E-state index in [1.165, 1.54) is 0 Å². The molecule has 17 heavy (non-hydrogen) atoms. The van der Waals surface area contributed by atoms with E-state index in [1.54, 1.807) is 6.20 Å². The molecule has 1 aromatic heterocycles. The zero-order chi connectivity index (χ0) is 13.1. The van der Waals surface area contributed by atoms with Gasteiger partial charge in [-0.3, -0.25) is 4.79 Å². The maximum atomic E-state index is 11.9. The van der Waals surface area contributed by atoms with Crippen molar-refractivity contribution in [1.29, 1.82) is 0 Å². The van der Waals surface area contributed by atoms with Gasteiger partial charge in [0.2, 0.25) is 5.91 Å². The summed E-state index contributed by atoms with van der Waals surface area (Å²) in [6.45, 7) is 7.55. The number of hydrogen-bond donors (Lipinski definition) is 2. The van der Waals surface area contributed by atoms with Gasteiger partial charge in [0, 0.05) is 17.7 Å². The van der Waals surface area contributed by atoms with Gasteiger partial charge in [-0.05, 0) is 25.0 Å². The summed E-state index contributed by atoms with van der Waals surface area (Å²) in [6.07, 6.45) is 2.37. The predicted molar refractivity (Wildman–Crippen MR) is 69.7 cm³/mol. The van der Waals surface area contributed by atoms with Crippen molar-refractivity contribution in [2.45, 2.75) is 40.2 Å². The number of hydrogen-bond acceptors (Lipinski definition) is 3. The number of pyridine rings is 1. The van der Waals surface area contributed by atoms with Gasteiger partial charge in [-0.15, -0.1) is 0 Å². The van der Waals surface area contributed by atoms with Crippen molar-refractivity contribution >= 4 is 11.7 Å². The summed E-state index contributed by atoms with van der Waals surface area (Å²) in [4.78, 5) is 16.1. The van der Waals surface area contributed by atoms with E-state index in [0.29, 0.717) is 12.2 Å². The number of carbonyl (C=O) groups excluding carboxylic acids is 1. The third kappa shape index (κ3) is 4.15. The summed E-state index contributed by atoms with van der Waals surface area (Å²) in [7, 11) is 0. The molecule has 0 aliphatic rings. The summed E-state index contributed by atoms with van der Waals surface area (Å²) >= 11 is 0. The van der Waals surface area contributed by atoms with Gasteiger partial charge in [-0.2, -0.15) is 0 Å². The maximum absolute atomic E-state index is 11.9. The first-order chi connectivity index (χ1) is 7.80. The Hall–Kier alpha value is -1.42. The molecule has 94 valence electrons. The number of nitrogens with one attached hydrogen (secondary N) is 1. The fourth-order valence-electron chi connectivity index (χ4n) is 1.36. The number of nitrogens with zero attached hydrogens (tertiary/aromatic N) is 1. The summed E-state index contributed by atoms with van der Waals surface area (Å²) in [5, 5.41) is 2.85. The average Bonchev–Trinajstić information content (AvgIpc) is 2.18. The molecule has 1 rings (SSSR count). The molecule has 0 fully saturated rings. The lowest BCUT2D eigenvalue weighted by Crippen LogP contribution is -2.29. The Bertz CT molecular complexity index is 394. The van der Waals surface area contributed by atoms with Crippen LogP contribution < -0.4 is 11.1 Å². The molecule has 0 spiro atoms. The van der Waals surface area contributed by atoms with Crippen molar-refractivity contribution < 1.29 is 4.79 Å². The highest BCUT2D eigenvalue weighted by molar-refractivity contribution is 5.94. The molecule has 4 nitrogen and oxygen atoms in total. The maximum Gasteiger partial charge on any atom is 0.230 e. The van der Waals surface area contributed by atoms with Crippen LogP contribution in [0.15, 0.2) is 18.3 Å². The summed E-state index contributed by atoms with van der Waals surface area (Å²) < 4.78 is 0. The smallest absolute Gasteiger partial charge is 0.230 e. The number of anilines is 1. The first kappa shape index (κ1) is 13.6. The van der Waals surface area contributed by atoms with Crippen LogP contribution in [-0.2, 0) is 11.2 Å². The second kappa shape index (κ2) is 5.27. The third-order valence-corrected chi connectivity index (χ3v) is 2.35. The highest BCUT2D eigenvalue weighted by Gasteiger charge is 2.22. The first-order valence-corrected chi connectivity index (χ1v) is 5.81. The second-order valence-corrected chi connectivity index (χ2v) is 5.40. The monoisotopic (exact) mass is 235 g/mol. The van der Waals surface area contributed by atoms with Gasteiger partial charge >= 0.3 is 0 Å². The normalized spacial score (nSPS) is 13.2. The summed E-state index contributed by atoms with van der Waals surface area (Å²) in [5.74, 6) is 0.576. The van der Waals surface area contributed by atoms with Crippen molar-refractivity contribution in [2.24, 2.45) is 11.1 Å². The minimum Gasteiger partial charge on any atom is -0.328 e. The SMILES string of the molecule is CC(N)Cc1cccnc1NC(=O)C(C)(C)C. The van der Waals surface area contributed by atoms with Crippen LogP contribution in [-0.4, -0.2) is 16.9 Å². The molecule has 3 N–H and O–H groups in total. The zero-order valence-corrected chi connectivity index (χ0v) is 10.9. The summed E-state index contributed by atoms with van der Waals surface area (Å²) in [6, 6.07) is 3.84. The topological polar surface area (TPSA) is 68.0 Å². The molecule has 1 amide bonds. The van der Waals surface area contributed by atoms with Gasteiger partial charge in [0.25, 0.3) is 0 Å². The number of carbonyl (C=O) groups is 1. The fourth-order valence-corrected chi connectivity index (χ4v) is 1.36. The minimum atomic E-state index is -0.427. The van der Waals surface area contributed by atoms with Crippen LogP contribution in [0.5, 0.6) is 0 Å². The Morgan fingerprint density at radius 3 is 2.71 bits per heavy atom. The molecule has 1 atom stereocenters. The Morgan fingerprint density at radius 1 is 1.53 bits per heavy atom. The molecule has 0 radical (unpaired) electrons. The molecule has 0 aromatic carbocycles. The van der Waals surface area contributed by atoms with E-state index in [-0.39, 0.29) is 11.9 Å². The van der Waals surface area contributed by atoms with Gasteiger partial charge in [-0.25, -0.2) is 4.98 Å². The predicted octanol–water partition coefficient (Wildman–Crippen LogP) is 1.96. The Labute approximate surface area is 103 Å². The van der Waals surface area contributed by atoms with Crippen LogP contribution in [0.1, 0.15) is 33.3 Å². The van der Waals surface area contributed by atoms with Crippen LogP contribution in [0, 0.1) is 5.41 Å². The zero-order valence-electron chi connectivity index (χ0n) is 10.9. The molecule has 1 unspecified atom stereocenters. The van der Waals surface area contributed by atoms with E-state index in [4.69, 9.17) is 5.73 Å². The van der Waals surface area contributed by atoms with Gasteiger partial charge in [0.1, 0.15) is 5.82 Å². The lowest BCUT2D eigenvalue weighted by atomic mass is 9.95. The second-order valence-electron chi connectivity index (χ2n) is 5.40. The van der Waals surface area contributed by atoms with Crippen molar-refractivity contribution in [1.82, 2.24) is 4.98 Å². The molecule has 1 heterocycles. The average molecular weight is 235 g/mol. The number of nitrogens with two attached hydrogens (primary N) is 1. The first-order valence-electron chi connectivity index (χ1n) is 5.81. The van der Waals surface area contributed by atoms with E-state index < -0.39 is 5.41 Å². The Kier molecular flexibility index (Phi) is 4.23. The third-order valence-electron chi connectivity index (χ3n) is 2.35. The van der Waals surface area contributed by atoms with E-state index in [1.807, 2.05) is 39.8 Å². The van der Waals surface area contributed by atoms with E-state index >= 15 is 0 Å². The van der Waals surface area contributed by atoms with E-state index in [9.17, 15) is 4.79 Å². The van der Waals surface area contributed by atoms with Gasteiger partial charge in [0.15, 0.2) is 0 Å². The van der Waals surface area contributed by atoms with Gasteiger partial charge in [-0.1, -0.05) is 26.8 Å². The Balaban J connectivity index is 2.87. The van der Waals surface area contributed by atoms with Crippen LogP contribution in [0.2, 0.25) is 0 Å². The molecule has 0 saturated carbocycles. The highest BCUT2D eigenvalue weighted by atomic mass is 16.2. The molecule has 0 saturated heterocycles. The highest BCUT2D eigenvalue weighted by Crippen LogP contribution is 2.19. The molecular formula is C13H21N3O. The molecular weight excluding hydrogens is 214 g/mol. The standard InChI is InChI=1S/C13H21N3O/c1-9(14)8-10-6-5-7-15-11(10)16-12(17)13(2,3)4/h5-7,9H,8,14H2,1-4H3,(H,15,16,17). The van der Waals surface area contributed by atoms with Crippen molar-refractivity contribution in [3.8, 4) is 0 Å². The largest absolute Gasteiger partial charge is 0.328 e. The quantitative estimate of drug-likeness (QED) is 0.841. The number of amides is 1. The van der Waals surface area contributed by atoms with E-state index in [2.05, 4.69) is 10.3 Å². The van der Waals surface area contributed by atoms with Crippen LogP contribution in [0.4, 0.5) is 5.82 Å². The van der Waals surface area contributed by atoms with Crippen LogP contribution in [0.25, 0.3) is 0 Å². The van der Waals surface area contributed by atoms with Crippen LogP contribution >= 0.6 is 0 Å². The van der Waals surface area contributed by atoms with Gasteiger partial charge in [0.05, 0.1) is 0 Å². The fraction of sp³-hybridized carbons (Fsp3) is 0.538. The number of rotatable bonds is 3. The minimum absolute atomic E-state index is 0.0397. The summed E-state index contributed by atoms with van der Waals surface area (Å²) in [5.41, 5.74) is 6.31. The molecule has 1 aromatic rings. The molecule has 0 aliphatic heterocycles. The van der Waals surface area contributed by atoms with E-state index in [0.717, 1.165) is 5.56 Å². The molecule has 0 bridgehead atoms. The van der Waals surface area contributed by atoms with Gasteiger partial charge < -0.3 is 11.1 Å². The lowest BCUT2D eigenvalue weighted by Gasteiger charge is -2.19. The van der Waals surface area contributed by atoms with Crippen LogP contribution in [0.3, 0.4) is 0 Å². The van der Waals surface area contributed by atoms with Crippen molar-refractivity contribution in [3.05, 3.63) is 23.9 Å².